The molecule has 0 unspecified atom stereocenters. The standard InChI is InChI=1S/C19H12ClN3O5/c1-27-16-8-10(20)6-7-14(16)23-17(19(26)28-22-23)15(24)9-12-11-4-2-3-5-13(11)21-18(12)25/h2-9H,1H3,(H-,21,22,24,25,26)/p+1. The molecule has 1 aliphatic heterocycles. The molecule has 1 aromatic heterocycles. The zero-order valence-corrected chi connectivity index (χ0v) is 15.2. The zero-order chi connectivity index (χ0) is 19.8. The maximum absolute atomic E-state index is 12.9. The van der Waals surface area contributed by atoms with E-state index in [0.717, 1.165) is 10.8 Å². The van der Waals surface area contributed by atoms with Crippen molar-refractivity contribution in [1.29, 1.82) is 0 Å². The number of nitrogens with zero attached hydrogens (tertiary/aromatic N) is 1. The average molecular weight is 399 g/mol. The molecule has 0 fully saturated rings. The Kier molecular flexibility index (Phi) is 4.32. The van der Waals surface area contributed by atoms with E-state index in [4.69, 9.17) is 20.9 Å². The molecule has 2 N–H and O–H groups in total. The van der Waals surface area contributed by atoms with E-state index < -0.39 is 17.3 Å². The number of H-pyrrole nitrogens is 1. The van der Waals surface area contributed by atoms with Crippen molar-refractivity contribution in [3.05, 3.63) is 75.2 Å². The van der Waals surface area contributed by atoms with Crippen LogP contribution < -0.4 is 20.4 Å². The lowest BCUT2D eigenvalue weighted by Gasteiger charge is -2.02. The summed E-state index contributed by atoms with van der Waals surface area (Å²) >= 11 is 5.96. The second-order valence-corrected chi connectivity index (χ2v) is 6.34. The lowest BCUT2D eigenvalue weighted by molar-refractivity contribution is -0.672. The summed E-state index contributed by atoms with van der Waals surface area (Å²) in [5.74, 6) is -0.806. The lowest BCUT2D eigenvalue weighted by Crippen LogP contribution is -2.41. The molecular weight excluding hydrogens is 386 g/mol. The smallest absolute Gasteiger partial charge is 0.439 e. The number of fused-ring (bicyclic) bond motifs is 1. The summed E-state index contributed by atoms with van der Waals surface area (Å²) in [6.45, 7) is 0. The Bertz CT molecular complexity index is 1210. The number of ketones is 1. The summed E-state index contributed by atoms with van der Waals surface area (Å²) < 4.78 is 11.2. The van der Waals surface area contributed by atoms with Gasteiger partial charge in [0.1, 0.15) is 0 Å². The number of anilines is 1. The first kappa shape index (κ1) is 17.7. The SMILES string of the molecule is COc1cc(Cl)ccc1-[n+]1[nH]oc(=O)c1C(=O)/C=C1/C(=O)Nc2ccccc21. The summed E-state index contributed by atoms with van der Waals surface area (Å²) in [7, 11) is 1.43. The van der Waals surface area contributed by atoms with E-state index in [1.54, 1.807) is 36.4 Å². The number of benzene rings is 2. The maximum atomic E-state index is 12.9. The van der Waals surface area contributed by atoms with Gasteiger partial charge < -0.3 is 10.1 Å². The molecule has 1 amide bonds. The molecule has 0 radical (unpaired) electrons. The molecule has 1 aliphatic rings. The van der Waals surface area contributed by atoms with Crippen LogP contribution >= 0.6 is 11.6 Å². The van der Waals surface area contributed by atoms with E-state index in [9.17, 15) is 14.4 Å². The number of para-hydroxylation sites is 1. The van der Waals surface area contributed by atoms with Crippen molar-refractivity contribution in [2.45, 2.75) is 0 Å². The first-order valence-electron chi connectivity index (χ1n) is 8.14. The van der Waals surface area contributed by atoms with E-state index in [-0.39, 0.29) is 11.3 Å². The Morgan fingerprint density at radius 3 is 2.79 bits per heavy atom. The highest BCUT2D eigenvalue weighted by Crippen LogP contribution is 2.31. The Labute approximate surface area is 162 Å². The van der Waals surface area contributed by atoms with Crippen molar-refractivity contribution >= 4 is 34.6 Å². The number of ether oxygens (including phenoxy) is 1. The number of aromatic nitrogens is 2. The normalized spacial score (nSPS) is 14.1. The van der Waals surface area contributed by atoms with Gasteiger partial charge in [-0.2, -0.15) is 0 Å². The summed E-state index contributed by atoms with van der Waals surface area (Å²) in [4.78, 5) is 37.3. The van der Waals surface area contributed by atoms with Gasteiger partial charge in [-0.3, -0.25) is 14.1 Å². The highest BCUT2D eigenvalue weighted by atomic mass is 35.5. The Hall–Kier alpha value is -3.65. The van der Waals surface area contributed by atoms with Crippen LogP contribution in [0.4, 0.5) is 5.69 Å². The predicted molar refractivity (Wildman–Crippen MR) is 99.8 cm³/mol. The molecule has 0 saturated heterocycles. The molecule has 0 spiro atoms. The van der Waals surface area contributed by atoms with Crippen molar-refractivity contribution in [2.24, 2.45) is 0 Å². The van der Waals surface area contributed by atoms with Crippen LogP contribution in [0, 0.1) is 0 Å². The van der Waals surface area contributed by atoms with E-state index in [1.807, 2.05) is 0 Å². The third kappa shape index (κ3) is 2.89. The van der Waals surface area contributed by atoms with Gasteiger partial charge in [0, 0.05) is 34.5 Å². The van der Waals surface area contributed by atoms with Gasteiger partial charge in [-0.25, -0.2) is 4.79 Å². The molecule has 0 bridgehead atoms. The minimum atomic E-state index is -0.884. The second-order valence-electron chi connectivity index (χ2n) is 5.90. The topological polar surface area (TPSA) is 105 Å². The highest BCUT2D eigenvalue weighted by molar-refractivity contribution is 6.34. The Balaban J connectivity index is 1.82. The van der Waals surface area contributed by atoms with Gasteiger partial charge in [0.2, 0.25) is 0 Å². The minimum Gasteiger partial charge on any atom is -0.490 e. The van der Waals surface area contributed by atoms with Gasteiger partial charge in [0.15, 0.2) is 5.75 Å². The van der Waals surface area contributed by atoms with Gasteiger partial charge in [-0.1, -0.05) is 29.8 Å². The fourth-order valence-corrected chi connectivity index (χ4v) is 3.13. The van der Waals surface area contributed by atoms with Crippen LogP contribution in [0.3, 0.4) is 0 Å². The van der Waals surface area contributed by atoms with Crippen molar-refractivity contribution in [3.63, 3.8) is 0 Å². The third-order valence-corrected chi connectivity index (χ3v) is 4.48. The molecule has 2 heterocycles. The minimum absolute atomic E-state index is 0.163. The number of nitrogens with one attached hydrogen (secondary N) is 2. The number of carbonyl (C=O) groups is 2. The van der Waals surface area contributed by atoms with Crippen molar-refractivity contribution in [3.8, 4) is 11.4 Å². The van der Waals surface area contributed by atoms with Gasteiger partial charge in [0.25, 0.3) is 17.4 Å². The van der Waals surface area contributed by atoms with Gasteiger partial charge >= 0.3 is 11.3 Å². The monoisotopic (exact) mass is 398 g/mol. The van der Waals surface area contributed by atoms with E-state index in [1.165, 1.54) is 13.2 Å². The molecule has 140 valence electrons. The fourth-order valence-electron chi connectivity index (χ4n) is 2.97. The van der Waals surface area contributed by atoms with Crippen molar-refractivity contribution in [2.75, 3.05) is 12.4 Å². The first-order chi connectivity index (χ1) is 13.5. The number of allylic oxidation sites excluding steroid dienone is 1. The number of hydrogen-bond donors (Lipinski definition) is 2. The fraction of sp³-hybridized carbons (Fsp3) is 0.0526. The Morgan fingerprint density at radius 2 is 2.00 bits per heavy atom. The van der Waals surface area contributed by atoms with Crippen LogP contribution in [0.25, 0.3) is 11.3 Å². The number of aromatic amines is 1. The van der Waals surface area contributed by atoms with E-state index >= 15 is 0 Å². The Morgan fingerprint density at radius 1 is 1.21 bits per heavy atom. The first-order valence-corrected chi connectivity index (χ1v) is 8.51. The lowest BCUT2D eigenvalue weighted by atomic mass is 10.1. The molecule has 28 heavy (non-hydrogen) atoms. The number of carbonyl (C=O) groups excluding carboxylic acids is 2. The molecular formula is C19H13ClN3O5+. The second kappa shape index (κ2) is 6.82. The van der Waals surface area contributed by atoms with Crippen molar-refractivity contribution in [1.82, 2.24) is 5.27 Å². The molecule has 0 saturated carbocycles. The van der Waals surface area contributed by atoms with Crippen LogP contribution in [0.2, 0.25) is 5.02 Å². The molecule has 0 aliphatic carbocycles. The molecule has 4 rings (SSSR count). The highest BCUT2D eigenvalue weighted by Gasteiger charge is 2.33. The number of amides is 1. The van der Waals surface area contributed by atoms with Crippen LogP contribution in [0.5, 0.6) is 5.75 Å². The van der Waals surface area contributed by atoms with Crippen LogP contribution in [0.15, 0.2) is 57.9 Å². The molecule has 0 atom stereocenters. The number of rotatable bonds is 4. The van der Waals surface area contributed by atoms with Gasteiger partial charge in [-0.05, 0) is 22.1 Å². The van der Waals surface area contributed by atoms with Crippen LogP contribution in [-0.4, -0.2) is 24.1 Å². The molecule has 8 nitrogen and oxygen atoms in total. The van der Waals surface area contributed by atoms with Crippen LogP contribution in [-0.2, 0) is 4.79 Å². The average Bonchev–Trinajstić information content (AvgIpc) is 3.21. The van der Waals surface area contributed by atoms with Gasteiger partial charge in [0.05, 0.1) is 12.7 Å². The zero-order valence-electron chi connectivity index (χ0n) is 14.5. The summed E-state index contributed by atoms with van der Waals surface area (Å²) in [6, 6.07) is 11.6. The molecule has 9 heteroatoms. The molecule has 3 aromatic rings. The third-order valence-electron chi connectivity index (χ3n) is 4.25. The molecule has 2 aromatic carbocycles. The number of hydrogen-bond acceptors (Lipinski definition) is 5. The summed E-state index contributed by atoms with van der Waals surface area (Å²) in [5.41, 5.74) is 0.485. The van der Waals surface area contributed by atoms with Crippen molar-refractivity contribution < 1.29 is 23.5 Å². The summed E-state index contributed by atoms with van der Waals surface area (Å²) in [6.07, 6.45) is 1.11. The number of halogens is 1. The van der Waals surface area contributed by atoms with E-state index in [2.05, 4.69) is 10.6 Å². The number of methoxy groups -OCH3 is 1. The maximum Gasteiger partial charge on any atom is 0.439 e. The van der Waals surface area contributed by atoms with E-state index in [0.29, 0.717) is 27.7 Å². The van der Waals surface area contributed by atoms with Crippen LogP contribution in [0.1, 0.15) is 16.1 Å². The predicted octanol–water partition coefficient (Wildman–Crippen LogP) is 2.12. The largest absolute Gasteiger partial charge is 0.490 e. The van der Waals surface area contributed by atoms with Gasteiger partial charge in [-0.15, -0.1) is 0 Å². The summed E-state index contributed by atoms with van der Waals surface area (Å²) in [5, 5.41) is 5.47. The quantitative estimate of drug-likeness (QED) is 0.398.